The Hall–Kier alpha value is -4.10. The summed E-state index contributed by atoms with van der Waals surface area (Å²) in [6.45, 7) is 13.6. The van der Waals surface area contributed by atoms with Crippen molar-refractivity contribution < 1.29 is 5.11 Å². The van der Waals surface area contributed by atoms with Crippen LogP contribution in [0.2, 0.25) is 0 Å². The largest absolute Gasteiger partial charge is 0.378 e. The van der Waals surface area contributed by atoms with Gasteiger partial charge in [-0.15, -0.1) is 46.4 Å². The van der Waals surface area contributed by atoms with Crippen LogP contribution in [-0.4, -0.2) is 10.7 Å². The van der Waals surface area contributed by atoms with E-state index < -0.39 is 5.60 Å². The van der Waals surface area contributed by atoms with Crippen LogP contribution in [0.25, 0.3) is 0 Å². The molecule has 3 rings (SSSR count). The minimum absolute atomic E-state index is 0.861. The number of allylic oxidation sites excluding steroid dienone is 4. The average Bonchev–Trinajstić information content (AvgIpc) is 3.76. The first kappa shape index (κ1) is 36.1. The van der Waals surface area contributed by atoms with Gasteiger partial charge in [0.15, 0.2) is 0 Å². The molecule has 44 heavy (non-hydrogen) atoms. The lowest BCUT2D eigenvalue weighted by atomic mass is 10.1. The highest BCUT2D eigenvalue weighted by atomic mass is 32.1. The fourth-order valence-corrected chi connectivity index (χ4v) is 5.45. The van der Waals surface area contributed by atoms with Gasteiger partial charge in [0.2, 0.25) is 0 Å². The summed E-state index contributed by atoms with van der Waals surface area (Å²) in [4.78, 5) is 5.92. The highest BCUT2D eigenvalue weighted by Gasteiger charge is 2.06. The van der Waals surface area contributed by atoms with Gasteiger partial charge < -0.3 is 5.11 Å². The molecule has 3 aromatic rings. The number of hydrogen-bond acceptors (Lipinski definition) is 4. The van der Waals surface area contributed by atoms with Crippen LogP contribution in [-0.2, 0) is 0 Å². The Morgan fingerprint density at radius 3 is 1.75 bits per heavy atom. The van der Waals surface area contributed by atoms with Gasteiger partial charge in [-0.2, -0.15) is 0 Å². The van der Waals surface area contributed by atoms with Crippen LogP contribution in [0.5, 0.6) is 0 Å². The van der Waals surface area contributed by atoms with Crippen LogP contribution in [0.15, 0.2) is 59.2 Å². The van der Waals surface area contributed by atoms with Crippen LogP contribution >= 0.6 is 34.0 Å². The summed E-state index contributed by atoms with van der Waals surface area (Å²) < 4.78 is 0. The molecule has 0 aromatic carbocycles. The van der Waals surface area contributed by atoms with Gasteiger partial charge in [-0.1, -0.05) is 92.0 Å². The number of aliphatic hydroxyl groups is 1. The summed E-state index contributed by atoms with van der Waals surface area (Å²) in [5.41, 5.74) is 2.34. The van der Waals surface area contributed by atoms with E-state index >= 15 is 0 Å². The van der Waals surface area contributed by atoms with Crippen molar-refractivity contribution in [1.82, 2.24) is 0 Å². The minimum atomic E-state index is -0.944. The van der Waals surface area contributed by atoms with E-state index in [9.17, 15) is 5.11 Å². The topological polar surface area (TPSA) is 20.2 Å². The van der Waals surface area contributed by atoms with E-state index in [1.165, 1.54) is 11.3 Å². The lowest BCUT2D eigenvalue weighted by Crippen LogP contribution is -2.14. The highest BCUT2D eigenvalue weighted by Crippen LogP contribution is 2.18. The fourth-order valence-electron chi connectivity index (χ4n) is 3.30. The van der Waals surface area contributed by atoms with Crippen LogP contribution in [0.4, 0.5) is 0 Å². The highest BCUT2D eigenvalue weighted by molar-refractivity contribution is 7.13. The summed E-state index contributed by atoms with van der Waals surface area (Å²) in [5, 5.41) is 9.33. The Balaban J connectivity index is 0.000000432. The van der Waals surface area contributed by atoms with Crippen molar-refractivity contribution >= 4 is 34.0 Å². The summed E-state index contributed by atoms with van der Waals surface area (Å²) in [5.74, 6) is 33.8. The van der Waals surface area contributed by atoms with E-state index in [0.717, 1.165) is 71.7 Å². The zero-order chi connectivity index (χ0) is 32.4. The van der Waals surface area contributed by atoms with E-state index in [1.54, 1.807) is 36.5 Å². The van der Waals surface area contributed by atoms with Crippen molar-refractivity contribution in [2.45, 2.75) is 79.8 Å². The standard InChI is InChI=1S/C29H28S2.C11H10OS/c1-6-9-12-23(4)13-16-27-21-22-29(31-27)18-15-25(10-7-2)24(5)14-17-28-20-19-26(30-28)11-8-3;1-4-9-5-6-10(13-9)7-8-11(2,3)12/h12,19-22H,6-7,9-10H2,1-5H3;1,5-6,12H,2-3H3/b23-12-,25-24+;. The molecule has 0 radical (unpaired) electrons. The fraction of sp³-hybridized carbons (Fsp3) is 0.300. The lowest BCUT2D eigenvalue weighted by molar-refractivity contribution is 0.143. The van der Waals surface area contributed by atoms with Crippen molar-refractivity contribution in [1.29, 1.82) is 0 Å². The molecule has 1 N–H and O–H groups in total. The third kappa shape index (κ3) is 14.4. The SMILES string of the molecule is C#Cc1ccc(C#CC(C)(C)O)s1.CC#Cc1ccc(C#C/C(C)=C(/C#Cc2ccc(C#C/C(C)=C\CCC)s2)CCC)s1. The molecule has 0 unspecified atom stereocenters. The molecule has 4 heteroatoms. The number of unbranched alkanes of at least 4 members (excludes halogenated alkanes) is 1. The maximum atomic E-state index is 9.33. The first-order chi connectivity index (χ1) is 21.1. The van der Waals surface area contributed by atoms with Gasteiger partial charge in [-0.25, -0.2) is 0 Å². The molecule has 0 saturated heterocycles. The van der Waals surface area contributed by atoms with E-state index in [1.807, 2.05) is 31.2 Å². The van der Waals surface area contributed by atoms with Crippen molar-refractivity contribution in [3.8, 4) is 71.5 Å². The lowest BCUT2D eigenvalue weighted by Gasteiger charge is -2.05. The van der Waals surface area contributed by atoms with Crippen LogP contribution < -0.4 is 0 Å². The minimum Gasteiger partial charge on any atom is -0.378 e. The molecule has 0 bridgehead atoms. The van der Waals surface area contributed by atoms with Crippen LogP contribution in [0.1, 0.15) is 103 Å². The second kappa shape index (κ2) is 19.2. The number of rotatable bonds is 4. The van der Waals surface area contributed by atoms with Gasteiger partial charge in [0, 0.05) is 11.1 Å². The van der Waals surface area contributed by atoms with Gasteiger partial charge >= 0.3 is 0 Å². The normalized spacial score (nSPS) is 10.7. The summed E-state index contributed by atoms with van der Waals surface area (Å²) in [7, 11) is 0. The summed E-state index contributed by atoms with van der Waals surface area (Å²) in [6.07, 6.45) is 11.6. The Bertz CT molecular complexity index is 1830. The first-order valence-electron chi connectivity index (χ1n) is 14.4. The molecule has 222 valence electrons. The number of thiophene rings is 3. The van der Waals surface area contributed by atoms with E-state index in [4.69, 9.17) is 6.42 Å². The third-order valence-electron chi connectivity index (χ3n) is 5.48. The Morgan fingerprint density at radius 1 is 0.750 bits per heavy atom. The Kier molecular flexibility index (Phi) is 15.8. The van der Waals surface area contributed by atoms with Gasteiger partial charge in [-0.3, -0.25) is 0 Å². The zero-order valence-electron chi connectivity index (χ0n) is 26.6. The number of terminal acetylenes is 1. The second-order valence-electron chi connectivity index (χ2n) is 10.1. The third-order valence-corrected chi connectivity index (χ3v) is 8.25. The van der Waals surface area contributed by atoms with Crippen LogP contribution in [0, 0.1) is 71.5 Å². The molecular weight excluding hydrogens is 593 g/mol. The molecule has 1 nitrogen and oxygen atoms in total. The van der Waals surface area contributed by atoms with Gasteiger partial charge in [0.25, 0.3) is 0 Å². The maximum Gasteiger partial charge on any atom is 0.120 e. The second-order valence-corrected chi connectivity index (χ2v) is 13.4. The molecule has 0 fully saturated rings. The first-order valence-corrected chi connectivity index (χ1v) is 16.9. The van der Waals surface area contributed by atoms with E-state index in [0.29, 0.717) is 0 Å². The zero-order valence-corrected chi connectivity index (χ0v) is 29.1. The van der Waals surface area contributed by atoms with Gasteiger partial charge in [0.1, 0.15) is 5.60 Å². The molecule has 3 heterocycles. The predicted octanol–water partition coefficient (Wildman–Crippen LogP) is 9.65. The van der Waals surface area contributed by atoms with Crippen molar-refractivity contribution in [3.63, 3.8) is 0 Å². The quantitative estimate of drug-likeness (QED) is 0.285. The monoisotopic (exact) mass is 630 g/mol. The maximum absolute atomic E-state index is 9.33. The van der Waals surface area contributed by atoms with Crippen molar-refractivity contribution in [2.75, 3.05) is 0 Å². The van der Waals surface area contributed by atoms with Crippen molar-refractivity contribution in [3.05, 3.63) is 88.5 Å². The predicted molar refractivity (Wildman–Crippen MR) is 194 cm³/mol. The molecule has 0 amide bonds. The van der Waals surface area contributed by atoms with Gasteiger partial charge in [-0.05, 0) is 89.4 Å². The molecule has 0 aliphatic rings. The van der Waals surface area contributed by atoms with E-state index in [2.05, 4.69) is 111 Å². The van der Waals surface area contributed by atoms with Crippen LogP contribution in [0.3, 0.4) is 0 Å². The summed E-state index contributed by atoms with van der Waals surface area (Å²) >= 11 is 4.72. The molecule has 3 aromatic heterocycles. The smallest absolute Gasteiger partial charge is 0.120 e. The average molecular weight is 631 g/mol. The molecule has 0 spiro atoms. The summed E-state index contributed by atoms with van der Waals surface area (Å²) in [6, 6.07) is 11.9. The molecule has 0 saturated carbocycles. The molecule has 0 atom stereocenters. The van der Waals surface area contributed by atoms with E-state index in [-0.39, 0.29) is 0 Å². The number of hydrogen-bond donors (Lipinski definition) is 1. The Morgan fingerprint density at radius 2 is 1.25 bits per heavy atom. The molecule has 0 aliphatic heterocycles. The molecular formula is C40H38OS3. The Labute approximate surface area is 277 Å². The van der Waals surface area contributed by atoms with Gasteiger partial charge in [0.05, 0.1) is 29.3 Å². The van der Waals surface area contributed by atoms with Crippen molar-refractivity contribution in [2.24, 2.45) is 0 Å². The molecule has 0 aliphatic carbocycles.